The summed E-state index contributed by atoms with van der Waals surface area (Å²) in [4.78, 5) is 5.11. The lowest BCUT2D eigenvalue weighted by atomic mass is 9.85. The molecule has 2 unspecified atom stereocenters. The van der Waals surface area contributed by atoms with Gasteiger partial charge in [0.15, 0.2) is 0 Å². The van der Waals surface area contributed by atoms with Crippen molar-refractivity contribution in [2.75, 3.05) is 59.5 Å². The lowest BCUT2D eigenvalue weighted by Gasteiger charge is -2.43. The predicted molar refractivity (Wildman–Crippen MR) is 84.1 cm³/mol. The Morgan fingerprint density at radius 3 is 2.75 bits per heavy atom. The van der Waals surface area contributed by atoms with Gasteiger partial charge >= 0.3 is 0 Å². The quantitative estimate of drug-likeness (QED) is 0.795. The van der Waals surface area contributed by atoms with Gasteiger partial charge in [-0.05, 0) is 32.9 Å². The first-order chi connectivity index (χ1) is 9.51. The molecule has 0 spiro atoms. The van der Waals surface area contributed by atoms with Crippen molar-refractivity contribution in [2.24, 2.45) is 11.3 Å². The standard InChI is InChI=1S/C16H33N3O/c1-14(2)9-17-11-16(5-8-20-13-16)12-19-7-6-18(4)10-15(19)3/h14-15,17H,5-13H2,1-4H3. The van der Waals surface area contributed by atoms with Gasteiger partial charge in [-0.1, -0.05) is 13.8 Å². The number of rotatable bonds is 6. The highest BCUT2D eigenvalue weighted by atomic mass is 16.5. The Bertz CT molecular complexity index is 289. The third-order valence-corrected chi connectivity index (χ3v) is 4.74. The molecule has 0 aromatic carbocycles. The van der Waals surface area contributed by atoms with Crippen molar-refractivity contribution < 1.29 is 4.74 Å². The Labute approximate surface area is 124 Å². The highest BCUT2D eigenvalue weighted by molar-refractivity contribution is 4.91. The minimum atomic E-state index is 0.332. The third kappa shape index (κ3) is 4.42. The van der Waals surface area contributed by atoms with Crippen molar-refractivity contribution in [3.63, 3.8) is 0 Å². The predicted octanol–water partition coefficient (Wildman–Crippen LogP) is 1.27. The first-order valence-electron chi connectivity index (χ1n) is 8.22. The molecule has 0 aliphatic carbocycles. The van der Waals surface area contributed by atoms with Crippen LogP contribution in [0, 0.1) is 11.3 Å². The van der Waals surface area contributed by atoms with Crippen LogP contribution in [0.25, 0.3) is 0 Å². The van der Waals surface area contributed by atoms with Gasteiger partial charge in [0.05, 0.1) is 6.61 Å². The molecule has 20 heavy (non-hydrogen) atoms. The zero-order chi connectivity index (χ0) is 14.6. The maximum Gasteiger partial charge on any atom is 0.0547 e. The van der Waals surface area contributed by atoms with Crippen LogP contribution in [0.4, 0.5) is 0 Å². The first-order valence-corrected chi connectivity index (χ1v) is 8.22. The van der Waals surface area contributed by atoms with E-state index in [0.717, 1.165) is 32.2 Å². The largest absolute Gasteiger partial charge is 0.381 e. The van der Waals surface area contributed by atoms with Crippen LogP contribution < -0.4 is 5.32 Å². The Hall–Kier alpha value is -0.160. The lowest BCUT2D eigenvalue weighted by molar-refractivity contribution is 0.0458. The van der Waals surface area contributed by atoms with Crippen LogP contribution in [0.2, 0.25) is 0 Å². The lowest BCUT2D eigenvalue weighted by Crippen LogP contribution is -2.55. The Balaban J connectivity index is 1.88. The van der Waals surface area contributed by atoms with Crippen molar-refractivity contribution >= 4 is 0 Å². The zero-order valence-corrected chi connectivity index (χ0v) is 13.8. The summed E-state index contributed by atoms with van der Waals surface area (Å²) >= 11 is 0. The molecular weight excluding hydrogens is 250 g/mol. The van der Waals surface area contributed by atoms with E-state index in [2.05, 4.69) is 42.9 Å². The van der Waals surface area contributed by atoms with Gasteiger partial charge in [0, 0.05) is 50.8 Å². The van der Waals surface area contributed by atoms with E-state index < -0.39 is 0 Å². The van der Waals surface area contributed by atoms with Gasteiger partial charge in [0.2, 0.25) is 0 Å². The Morgan fingerprint density at radius 1 is 1.35 bits per heavy atom. The molecule has 4 heteroatoms. The number of piperazine rings is 1. The summed E-state index contributed by atoms with van der Waals surface area (Å²) in [6.45, 7) is 15.8. The summed E-state index contributed by atoms with van der Waals surface area (Å²) in [5.41, 5.74) is 0.332. The molecule has 0 saturated carbocycles. The summed E-state index contributed by atoms with van der Waals surface area (Å²) in [6, 6.07) is 0.663. The van der Waals surface area contributed by atoms with Crippen molar-refractivity contribution in [3.05, 3.63) is 0 Å². The average molecular weight is 283 g/mol. The molecule has 0 radical (unpaired) electrons. The van der Waals surface area contributed by atoms with E-state index in [1.807, 2.05) is 0 Å². The summed E-state index contributed by atoms with van der Waals surface area (Å²) in [6.07, 6.45) is 1.21. The van der Waals surface area contributed by atoms with Crippen LogP contribution in [0.15, 0.2) is 0 Å². The molecule has 0 aromatic heterocycles. The molecular formula is C16H33N3O. The highest BCUT2D eigenvalue weighted by Gasteiger charge is 2.38. The minimum Gasteiger partial charge on any atom is -0.381 e. The van der Waals surface area contributed by atoms with Gasteiger partial charge in [0.1, 0.15) is 0 Å². The minimum absolute atomic E-state index is 0.332. The van der Waals surface area contributed by atoms with E-state index in [-0.39, 0.29) is 0 Å². The van der Waals surface area contributed by atoms with Crippen LogP contribution in [0.5, 0.6) is 0 Å². The van der Waals surface area contributed by atoms with E-state index >= 15 is 0 Å². The average Bonchev–Trinajstić information content (AvgIpc) is 2.81. The van der Waals surface area contributed by atoms with E-state index in [0.29, 0.717) is 11.5 Å². The molecule has 2 heterocycles. The second-order valence-corrected chi connectivity index (χ2v) is 7.41. The van der Waals surface area contributed by atoms with Crippen LogP contribution in [-0.2, 0) is 4.74 Å². The van der Waals surface area contributed by atoms with E-state index in [4.69, 9.17) is 4.74 Å². The maximum absolute atomic E-state index is 5.74. The summed E-state index contributed by atoms with van der Waals surface area (Å²) in [7, 11) is 2.23. The van der Waals surface area contributed by atoms with Gasteiger partial charge in [-0.15, -0.1) is 0 Å². The molecule has 0 bridgehead atoms. The molecule has 2 fully saturated rings. The Morgan fingerprint density at radius 2 is 2.15 bits per heavy atom. The van der Waals surface area contributed by atoms with E-state index in [1.165, 1.54) is 32.6 Å². The smallest absolute Gasteiger partial charge is 0.0547 e. The normalized spacial score (nSPS) is 33.1. The van der Waals surface area contributed by atoms with Crippen molar-refractivity contribution in [1.29, 1.82) is 0 Å². The van der Waals surface area contributed by atoms with Crippen LogP contribution >= 0.6 is 0 Å². The van der Waals surface area contributed by atoms with Gasteiger partial charge in [-0.25, -0.2) is 0 Å². The number of likely N-dealkylation sites (N-methyl/N-ethyl adjacent to an activating group) is 1. The van der Waals surface area contributed by atoms with Crippen molar-refractivity contribution in [2.45, 2.75) is 33.2 Å². The number of nitrogens with one attached hydrogen (secondary N) is 1. The van der Waals surface area contributed by atoms with Crippen LogP contribution in [0.1, 0.15) is 27.2 Å². The summed E-state index contributed by atoms with van der Waals surface area (Å²) in [5, 5.41) is 3.66. The monoisotopic (exact) mass is 283 g/mol. The second-order valence-electron chi connectivity index (χ2n) is 7.41. The summed E-state index contributed by atoms with van der Waals surface area (Å²) < 4.78 is 5.74. The maximum atomic E-state index is 5.74. The van der Waals surface area contributed by atoms with Gasteiger partial charge in [0.25, 0.3) is 0 Å². The number of ether oxygens (including phenoxy) is 1. The van der Waals surface area contributed by atoms with Crippen molar-refractivity contribution in [1.82, 2.24) is 15.1 Å². The molecule has 2 aliphatic heterocycles. The molecule has 1 N–H and O–H groups in total. The number of hydrogen-bond donors (Lipinski definition) is 1. The summed E-state index contributed by atoms with van der Waals surface area (Å²) in [5.74, 6) is 0.719. The Kier molecular flexibility index (Phi) is 5.84. The van der Waals surface area contributed by atoms with Crippen molar-refractivity contribution in [3.8, 4) is 0 Å². The van der Waals surface area contributed by atoms with Gasteiger partial charge in [-0.3, -0.25) is 4.90 Å². The molecule has 2 atom stereocenters. The molecule has 0 aromatic rings. The fraction of sp³-hybridized carbons (Fsp3) is 1.00. The number of nitrogens with zero attached hydrogens (tertiary/aromatic N) is 2. The second kappa shape index (κ2) is 7.21. The third-order valence-electron chi connectivity index (χ3n) is 4.74. The van der Waals surface area contributed by atoms with Crippen LogP contribution in [-0.4, -0.2) is 75.4 Å². The van der Waals surface area contributed by atoms with Crippen LogP contribution in [0.3, 0.4) is 0 Å². The first kappa shape index (κ1) is 16.2. The molecule has 0 amide bonds. The molecule has 2 aliphatic rings. The zero-order valence-electron chi connectivity index (χ0n) is 13.8. The fourth-order valence-electron chi connectivity index (χ4n) is 3.44. The highest BCUT2D eigenvalue weighted by Crippen LogP contribution is 2.30. The van der Waals surface area contributed by atoms with Gasteiger partial charge < -0.3 is 15.0 Å². The SMILES string of the molecule is CC(C)CNCC1(CN2CCN(C)CC2C)CCOC1. The number of hydrogen-bond acceptors (Lipinski definition) is 4. The van der Waals surface area contributed by atoms with E-state index in [9.17, 15) is 0 Å². The topological polar surface area (TPSA) is 27.7 Å². The van der Waals surface area contributed by atoms with E-state index in [1.54, 1.807) is 0 Å². The molecule has 118 valence electrons. The molecule has 4 nitrogen and oxygen atoms in total. The van der Waals surface area contributed by atoms with Gasteiger partial charge in [-0.2, -0.15) is 0 Å². The molecule has 2 saturated heterocycles. The fourth-order valence-corrected chi connectivity index (χ4v) is 3.44. The molecule has 2 rings (SSSR count).